The van der Waals surface area contributed by atoms with Crippen molar-refractivity contribution in [2.45, 2.75) is 5.75 Å². The summed E-state index contributed by atoms with van der Waals surface area (Å²) in [6, 6.07) is 23.6. The van der Waals surface area contributed by atoms with E-state index in [1.54, 1.807) is 17.8 Å². The minimum absolute atomic E-state index is 0.0188. The molecule has 138 valence electrons. The fourth-order valence-electron chi connectivity index (χ4n) is 2.68. The number of fused-ring (bicyclic) bond motifs is 1. The summed E-state index contributed by atoms with van der Waals surface area (Å²) < 4.78 is 0. The molecule has 2 amide bonds. The second-order valence-corrected chi connectivity index (χ2v) is 7.24. The van der Waals surface area contributed by atoms with Crippen molar-refractivity contribution in [2.75, 3.05) is 18.8 Å². The van der Waals surface area contributed by atoms with Crippen LogP contribution in [0.25, 0.3) is 10.8 Å². The number of carbonyl (C=O) groups is 2. The summed E-state index contributed by atoms with van der Waals surface area (Å²) in [5.41, 5.74) is 1.83. The van der Waals surface area contributed by atoms with Gasteiger partial charge in [0, 0.05) is 23.6 Å². The highest BCUT2D eigenvalue weighted by Gasteiger charge is 2.08. The fourth-order valence-corrected chi connectivity index (χ4v) is 3.50. The van der Waals surface area contributed by atoms with E-state index in [1.165, 1.54) is 5.56 Å². The first-order chi connectivity index (χ1) is 13.2. The van der Waals surface area contributed by atoms with Crippen LogP contribution in [0.15, 0.2) is 72.8 Å². The van der Waals surface area contributed by atoms with E-state index >= 15 is 0 Å². The Labute approximate surface area is 163 Å². The summed E-state index contributed by atoms with van der Waals surface area (Å²) in [5, 5.41) is 7.59. The maximum Gasteiger partial charge on any atom is 0.251 e. The fraction of sp³-hybridized carbons (Fsp3) is 0.182. The van der Waals surface area contributed by atoms with Crippen LogP contribution < -0.4 is 10.6 Å². The number of benzene rings is 3. The van der Waals surface area contributed by atoms with Gasteiger partial charge >= 0.3 is 0 Å². The second-order valence-electron chi connectivity index (χ2n) is 6.13. The largest absolute Gasteiger partial charge is 0.354 e. The van der Waals surface area contributed by atoms with Gasteiger partial charge in [-0.1, -0.05) is 60.7 Å². The molecule has 0 aromatic heterocycles. The molecule has 0 spiro atoms. The molecule has 0 heterocycles. The molecule has 3 rings (SSSR count). The molecule has 0 saturated heterocycles. The molecule has 0 radical (unpaired) electrons. The van der Waals surface area contributed by atoms with Crippen molar-refractivity contribution in [2.24, 2.45) is 0 Å². The van der Waals surface area contributed by atoms with E-state index in [4.69, 9.17) is 0 Å². The summed E-state index contributed by atoms with van der Waals surface area (Å²) in [4.78, 5) is 24.1. The topological polar surface area (TPSA) is 58.2 Å². The van der Waals surface area contributed by atoms with Crippen LogP contribution in [0.4, 0.5) is 0 Å². The van der Waals surface area contributed by atoms with Crippen LogP contribution in [-0.4, -0.2) is 30.7 Å². The molecule has 4 nitrogen and oxygen atoms in total. The van der Waals surface area contributed by atoms with Gasteiger partial charge in [0.15, 0.2) is 0 Å². The van der Waals surface area contributed by atoms with Gasteiger partial charge in [-0.05, 0) is 28.5 Å². The highest BCUT2D eigenvalue weighted by Crippen LogP contribution is 2.15. The van der Waals surface area contributed by atoms with Gasteiger partial charge in [0.05, 0.1) is 6.54 Å². The molecular weight excluding hydrogens is 356 g/mol. The van der Waals surface area contributed by atoms with Crippen LogP contribution in [0, 0.1) is 0 Å². The quantitative estimate of drug-likeness (QED) is 0.589. The molecule has 0 fully saturated rings. The Morgan fingerprint density at radius 1 is 0.815 bits per heavy atom. The zero-order valence-corrected chi connectivity index (χ0v) is 15.8. The Morgan fingerprint density at radius 2 is 1.56 bits per heavy atom. The minimum atomic E-state index is -0.241. The van der Waals surface area contributed by atoms with Gasteiger partial charge in [-0.3, -0.25) is 9.59 Å². The molecule has 2 N–H and O–H groups in total. The molecule has 5 heteroatoms. The molecule has 0 aliphatic rings. The van der Waals surface area contributed by atoms with Gasteiger partial charge < -0.3 is 10.6 Å². The maximum atomic E-state index is 12.2. The van der Waals surface area contributed by atoms with Crippen LogP contribution in [0.5, 0.6) is 0 Å². The van der Waals surface area contributed by atoms with Gasteiger partial charge in [0.2, 0.25) is 5.91 Å². The zero-order valence-electron chi connectivity index (χ0n) is 15.0. The predicted octanol–water partition coefficient (Wildman–Crippen LogP) is 3.62. The Kier molecular flexibility index (Phi) is 6.88. The molecule has 0 unspecified atom stereocenters. The zero-order chi connectivity index (χ0) is 18.9. The first-order valence-electron chi connectivity index (χ1n) is 8.88. The van der Waals surface area contributed by atoms with E-state index in [9.17, 15) is 9.59 Å². The molecule has 0 saturated carbocycles. The van der Waals surface area contributed by atoms with Gasteiger partial charge in [-0.25, -0.2) is 0 Å². The normalized spacial score (nSPS) is 10.5. The lowest BCUT2D eigenvalue weighted by molar-refractivity contribution is -0.120. The molecule has 0 aliphatic carbocycles. The van der Waals surface area contributed by atoms with Crippen molar-refractivity contribution >= 4 is 34.3 Å². The van der Waals surface area contributed by atoms with Gasteiger partial charge in [-0.15, -0.1) is 0 Å². The highest BCUT2D eigenvalue weighted by atomic mass is 32.2. The van der Waals surface area contributed by atoms with E-state index in [0.29, 0.717) is 12.1 Å². The lowest BCUT2D eigenvalue weighted by atomic mass is 10.1. The highest BCUT2D eigenvalue weighted by molar-refractivity contribution is 7.98. The van der Waals surface area contributed by atoms with Gasteiger partial charge in [0.25, 0.3) is 5.91 Å². The van der Waals surface area contributed by atoms with E-state index in [2.05, 4.69) is 22.8 Å². The maximum absolute atomic E-state index is 12.2. The van der Waals surface area contributed by atoms with Crippen molar-refractivity contribution in [3.8, 4) is 0 Å². The van der Waals surface area contributed by atoms with Crippen molar-refractivity contribution in [3.63, 3.8) is 0 Å². The summed E-state index contributed by atoms with van der Waals surface area (Å²) >= 11 is 1.77. The number of hydrogen-bond acceptors (Lipinski definition) is 3. The second kappa shape index (κ2) is 9.78. The predicted molar refractivity (Wildman–Crippen MR) is 112 cm³/mol. The number of thioether (sulfide) groups is 1. The third-order valence-electron chi connectivity index (χ3n) is 4.10. The van der Waals surface area contributed by atoms with Crippen LogP contribution in [0.1, 0.15) is 15.9 Å². The molecule has 3 aromatic carbocycles. The molecule has 27 heavy (non-hydrogen) atoms. The average molecular weight is 378 g/mol. The minimum Gasteiger partial charge on any atom is -0.354 e. The van der Waals surface area contributed by atoms with E-state index < -0.39 is 0 Å². The monoisotopic (exact) mass is 378 g/mol. The number of rotatable bonds is 8. The van der Waals surface area contributed by atoms with E-state index in [-0.39, 0.29) is 18.4 Å². The first kappa shape index (κ1) is 19.0. The van der Waals surface area contributed by atoms with Crippen molar-refractivity contribution in [3.05, 3.63) is 83.9 Å². The Morgan fingerprint density at radius 3 is 2.37 bits per heavy atom. The Balaban J connectivity index is 1.36. The standard InChI is InChI=1S/C22H22N2O2S/c25-21(23-12-13-27-16-17-6-2-1-3-7-17)15-24-22(26)20-11-10-18-8-4-5-9-19(18)14-20/h1-11,14H,12-13,15-16H2,(H,23,25)(H,24,26). The van der Waals surface area contributed by atoms with Gasteiger partial charge in [0.1, 0.15) is 0 Å². The van der Waals surface area contributed by atoms with Crippen LogP contribution >= 0.6 is 11.8 Å². The lowest BCUT2D eigenvalue weighted by Crippen LogP contribution is -2.37. The average Bonchev–Trinajstić information content (AvgIpc) is 2.72. The van der Waals surface area contributed by atoms with Crippen LogP contribution in [-0.2, 0) is 10.5 Å². The van der Waals surface area contributed by atoms with Crippen LogP contribution in [0.3, 0.4) is 0 Å². The van der Waals surface area contributed by atoms with E-state index in [0.717, 1.165) is 22.3 Å². The van der Waals surface area contributed by atoms with Crippen LogP contribution in [0.2, 0.25) is 0 Å². The number of carbonyl (C=O) groups excluding carboxylic acids is 2. The van der Waals surface area contributed by atoms with Crippen molar-refractivity contribution in [1.29, 1.82) is 0 Å². The lowest BCUT2D eigenvalue weighted by Gasteiger charge is -2.08. The SMILES string of the molecule is O=C(CNC(=O)c1ccc2ccccc2c1)NCCSCc1ccccc1. The summed E-state index contributed by atoms with van der Waals surface area (Å²) in [5.74, 6) is 1.34. The Bertz CT molecular complexity index is 912. The third-order valence-corrected chi connectivity index (χ3v) is 5.13. The Hall–Kier alpha value is -2.79. The first-order valence-corrected chi connectivity index (χ1v) is 10.0. The number of amides is 2. The molecule has 0 bridgehead atoms. The summed E-state index contributed by atoms with van der Waals surface area (Å²) in [6.45, 7) is 0.567. The van der Waals surface area contributed by atoms with E-state index in [1.807, 2.05) is 54.6 Å². The molecule has 0 atom stereocenters. The molecule has 0 aliphatic heterocycles. The van der Waals surface area contributed by atoms with Crippen molar-refractivity contribution < 1.29 is 9.59 Å². The number of nitrogens with one attached hydrogen (secondary N) is 2. The summed E-state index contributed by atoms with van der Waals surface area (Å²) in [7, 11) is 0. The smallest absolute Gasteiger partial charge is 0.251 e. The summed E-state index contributed by atoms with van der Waals surface area (Å²) in [6.07, 6.45) is 0. The molecule has 3 aromatic rings. The third kappa shape index (κ3) is 5.86. The number of hydrogen-bond donors (Lipinski definition) is 2. The van der Waals surface area contributed by atoms with Crippen molar-refractivity contribution in [1.82, 2.24) is 10.6 Å². The molecular formula is C22H22N2O2S. The van der Waals surface area contributed by atoms with Gasteiger partial charge in [-0.2, -0.15) is 11.8 Å².